The molecule has 1 saturated heterocycles. The van der Waals surface area contributed by atoms with Crippen molar-refractivity contribution in [3.63, 3.8) is 0 Å². The zero-order valence-corrected chi connectivity index (χ0v) is 11.6. The van der Waals surface area contributed by atoms with Gasteiger partial charge in [-0.15, -0.1) is 18.2 Å². The Bertz CT molecular complexity index is 321. The van der Waals surface area contributed by atoms with E-state index in [0.29, 0.717) is 8.64 Å². The van der Waals surface area contributed by atoms with E-state index in [1.807, 2.05) is 0 Å². The fourth-order valence-corrected chi connectivity index (χ4v) is 2.59. The SMILES string of the molecule is [N-]=[N+]=NNC(=S)SN(C(=S)S)N1CCCC1. The molecule has 1 aliphatic rings. The third-order valence-corrected chi connectivity index (χ3v) is 3.63. The highest BCUT2D eigenvalue weighted by Gasteiger charge is 2.23. The Balaban J connectivity index is 2.53. The minimum absolute atomic E-state index is 0.334. The van der Waals surface area contributed by atoms with Crippen LogP contribution in [0.25, 0.3) is 10.4 Å². The fourth-order valence-electron chi connectivity index (χ4n) is 1.26. The van der Waals surface area contributed by atoms with E-state index in [2.05, 4.69) is 33.2 Å². The molecule has 6 nitrogen and oxygen atoms in total. The van der Waals surface area contributed by atoms with E-state index in [0.717, 1.165) is 25.9 Å². The maximum Gasteiger partial charge on any atom is 0.250 e. The third kappa shape index (κ3) is 4.32. The van der Waals surface area contributed by atoms with Crippen LogP contribution in [-0.2, 0) is 0 Å². The Morgan fingerprint density at radius 2 is 2.12 bits per heavy atom. The molecule has 0 aromatic rings. The number of thiol groups is 1. The van der Waals surface area contributed by atoms with Gasteiger partial charge in [0.15, 0.2) is 4.32 Å². The summed E-state index contributed by atoms with van der Waals surface area (Å²) in [6.07, 6.45) is 2.26. The second-order valence-corrected chi connectivity index (χ2v) is 5.61. The number of nitrogens with one attached hydrogen (secondary N) is 1. The zero-order chi connectivity index (χ0) is 12.0. The number of azide groups is 1. The Labute approximate surface area is 114 Å². The van der Waals surface area contributed by atoms with Gasteiger partial charge in [-0.05, 0) is 30.3 Å². The Morgan fingerprint density at radius 1 is 1.50 bits per heavy atom. The molecule has 0 saturated carbocycles. The lowest BCUT2D eigenvalue weighted by atomic mass is 10.4. The van der Waals surface area contributed by atoms with Crippen molar-refractivity contribution in [2.24, 2.45) is 5.22 Å². The highest BCUT2D eigenvalue weighted by Crippen LogP contribution is 2.22. The highest BCUT2D eigenvalue weighted by atomic mass is 32.2. The van der Waals surface area contributed by atoms with E-state index < -0.39 is 0 Å². The van der Waals surface area contributed by atoms with E-state index in [4.69, 9.17) is 30.0 Å². The normalized spacial score (nSPS) is 15.3. The smallest absolute Gasteiger partial charge is 0.222 e. The van der Waals surface area contributed by atoms with Crippen molar-refractivity contribution in [2.75, 3.05) is 13.1 Å². The topological polar surface area (TPSA) is 67.3 Å². The van der Waals surface area contributed by atoms with Gasteiger partial charge in [-0.25, -0.2) is 14.8 Å². The summed E-state index contributed by atoms with van der Waals surface area (Å²) in [5.41, 5.74) is 10.5. The van der Waals surface area contributed by atoms with E-state index in [1.54, 1.807) is 4.41 Å². The molecular formula is C6H10N6S4. The van der Waals surface area contributed by atoms with Crippen LogP contribution < -0.4 is 5.43 Å². The van der Waals surface area contributed by atoms with Gasteiger partial charge in [-0.2, -0.15) is 4.91 Å². The van der Waals surface area contributed by atoms with Gasteiger partial charge in [0.2, 0.25) is 0 Å². The Kier molecular flexibility index (Phi) is 6.17. The lowest BCUT2D eigenvalue weighted by Gasteiger charge is -2.29. The summed E-state index contributed by atoms with van der Waals surface area (Å²) in [7, 11) is 0. The first-order valence-electron chi connectivity index (χ1n) is 4.45. The molecule has 0 atom stereocenters. The van der Waals surface area contributed by atoms with Crippen LogP contribution in [0.2, 0.25) is 0 Å². The molecule has 0 aromatic heterocycles. The molecule has 0 radical (unpaired) electrons. The molecule has 1 fully saturated rings. The standard InChI is InChI=1S/C6H10N6S4/c7-9-10-8-5(13)16-12(6(14)15)11-3-1-2-4-11/h1-4H2,(H,8,13)(H,14,15). The van der Waals surface area contributed by atoms with Crippen molar-refractivity contribution in [3.8, 4) is 0 Å². The molecule has 0 amide bonds. The first-order chi connectivity index (χ1) is 7.65. The van der Waals surface area contributed by atoms with Gasteiger partial charge in [0.25, 0.3) is 4.32 Å². The molecule has 0 aliphatic carbocycles. The van der Waals surface area contributed by atoms with Crippen LogP contribution in [0.3, 0.4) is 0 Å². The molecular weight excluding hydrogens is 284 g/mol. The number of rotatable bonds is 2. The highest BCUT2D eigenvalue weighted by molar-refractivity contribution is 8.23. The zero-order valence-electron chi connectivity index (χ0n) is 8.24. The first kappa shape index (κ1) is 13.8. The molecule has 0 aromatic carbocycles. The van der Waals surface area contributed by atoms with Crippen molar-refractivity contribution >= 4 is 57.7 Å². The minimum Gasteiger partial charge on any atom is -0.222 e. The lowest BCUT2D eigenvalue weighted by Crippen LogP contribution is -2.39. The van der Waals surface area contributed by atoms with Gasteiger partial charge in [0.1, 0.15) is 0 Å². The van der Waals surface area contributed by atoms with Gasteiger partial charge in [-0.3, -0.25) is 0 Å². The van der Waals surface area contributed by atoms with Crippen molar-refractivity contribution in [3.05, 3.63) is 10.4 Å². The van der Waals surface area contributed by atoms with E-state index >= 15 is 0 Å². The summed E-state index contributed by atoms with van der Waals surface area (Å²) in [6, 6.07) is 0. The second-order valence-electron chi connectivity index (χ2n) is 2.90. The molecule has 1 N–H and O–H groups in total. The summed E-state index contributed by atoms with van der Waals surface area (Å²) >= 11 is 15.3. The van der Waals surface area contributed by atoms with E-state index in [1.165, 1.54) is 11.9 Å². The quantitative estimate of drug-likeness (QED) is 0.155. The summed E-state index contributed by atoms with van der Waals surface area (Å²) in [4.78, 5) is 2.55. The number of hydrogen-bond donors (Lipinski definition) is 2. The monoisotopic (exact) mass is 294 g/mol. The molecule has 1 rings (SSSR count). The maximum atomic E-state index is 8.13. The number of thiocarbonyl (C=S) groups is 2. The molecule has 0 spiro atoms. The van der Waals surface area contributed by atoms with Crippen molar-refractivity contribution in [1.82, 2.24) is 14.8 Å². The van der Waals surface area contributed by atoms with Crippen LogP contribution in [0.5, 0.6) is 0 Å². The summed E-state index contributed by atoms with van der Waals surface area (Å²) in [5, 5.41) is 5.23. The molecule has 1 aliphatic heterocycles. The number of hydrazine groups is 1. The minimum atomic E-state index is 0.334. The van der Waals surface area contributed by atoms with Gasteiger partial charge in [-0.1, -0.05) is 12.2 Å². The number of nitrogens with zero attached hydrogens (tertiary/aromatic N) is 5. The van der Waals surface area contributed by atoms with Crippen LogP contribution in [0, 0.1) is 0 Å². The Hall–Kier alpha value is -0.250. The second kappa shape index (κ2) is 7.15. The molecule has 0 unspecified atom stereocenters. The maximum absolute atomic E-state index is 8.13. The average molecular weight is 294 g/mol. The molecule has 10 heteroatoms. The predicted molar refractivity (Wildman–Crippen MR) is 76.7 cm³/mol. The van der Waals surface area contributed by atoms with Crippen LogP contribution in [-0.4, -0.2) is 31.2 Å². The Morgan fingerprint density at radius 3 is 2.62 bits per heavy atom. The van der Waals surface area contributed by atoms with Crippen molar-refractivity contribution < 1.29 is 0 Å². The van der Waals surface area contributed by atoms with Gasteiger partial charge < -0.3 is 0 Å². The molecule has 0 bridgehead atoms. The van der Waals surface area contributed by atoms with E-state index in [-0.39, 0.29) is 0 Å². The first-order valence-corrected chi connectivity index (χ1v) is 6.49. The fraction of sp³-hybridized carbons (Fsp3) is 0.667. The molecule has 88 valence electrons. The van der Waals surface area contributed by atoms with Gasteiger partial charge >= 0.3 is 0 Å². The number of hydrogen-bond acceptors (Lipinski definition) is 5. The van der Waals surface area contributed by atoms with Crippen molar-refractivity contribution in [2.45, 2.75) is 12.8 Å². The largest absolute Gasteiger partial charge is 0.250 e. The molecule has 16 heavy (non-hydrogen) atoms. The predicted octanol–water partition coefficient (Wildman–Crippen LogP) is 2.26. The third-order valence-electron chi connectivity index (χ3n) is 1.86. The van der Waals surface area contributed by atoms with E-state index in [9.17, 15) is 0 Å². The lowest BCUT2D eigenvalue weighted by molar-refractivity contribution is 0.186. The van der Waals surface area contributed by atoms with Gasteiger partial charge in [0, 0.05) is 13.1 Å². The molecule has 1 heterocycles. The summed E-state index contributed by atoms with van der Waals surface area (Å²) in [5.74, 6) is 0. The average Bonchev–Trinajstić information content (AvgIpc) is 2.75. The summed E-state index contributed by atoms with van der Waals surface area (Å²) < 4.78 is 2.49. The van der Waals surface area contributed by atoms with Crippen LogP contribution in [0.4, 0.5) is 0 Å². The van der Waals surface area contributed by atoms with Crippen LogP contribution >= 0.6 is 49.0 Å². The summed E-state index contributed by atoms with van der Waals surface area (Å²) in [6.45, 7) is 1.86. The van der Waals surface area contributed by atoms with Crippen LogP contribution in [0.1, 0.15) is 12.8 Å². The van der Waals surface area contributed by atoms with Gasteiger partial charge in [0.05, 0.1) is 11.9 Å². The van der Waals surface area contributed by atoms with Crippen molar-refractivity contribution in [1.29, 1.82) is 0 Å². The van der Waals surface area contributed by atoms with Crippen LogP contribution in [0.15, 0.2) is 5.22 Å².